The highest BCUT2D eigenvalue weighted by atomic mass is 79.9. The molecule has 0 N–H and O–H groups in total. The highest BCUT2D eigenvalue weighted by Crippen LogP contribution is 2.70. The van der Waals surface area contributed by atoms with E-state index in [0.717, 1.165) is 32.1 Å². The van der Waals surface area contributed by atoms with Crippen LogP contribution in [-0.4, -0.2) is 22.1 Å². The maximum Gasteiger partial charge on any atom is 0.134 e. The molecule has 4 aliphatic carbocycles. The highest BCUT2D eigenvalue weighted by Gasteiger charge is 2.67. The number of halogens is 2. The molecule has 0 unspecified atom stereocenters. The molecule has 0 heterocycles. The molecule has 4 rings (SSSR count). The Bertz CT molecular complexity index is 621. The number of alkyl halides is 2. The Morgan fingerprint density at radius 1 is 1.16 bits per heavy atom. The topological polar surface area (TPSA) is 34.1 Å². The minimum atomic E-state index is -0.971. The van der Waals surface area contributed by atoms with Gasteiger partial charge in [-0.15, -0.1) is 0 Å². The van der Waals surface area contributed by atoms with Crippen LogP contribution in [0.3, 0.4) is 0 Å². The van der Waals surface area contributed by atoms with Crippen LogP contribution in [0.1, 0.15) is 72.1 Å². The van der Waals surface area contributed by atoms with Crippen molar-refractivity contribution in [3.05, 3.63) is 0 Å². The van der Waals surface area contributed by atoms with Crippen molar-refractivity contribution in [1.29, 1.82) is 0 Å². The molecule has 0 bridgehead atoms. The molecule has 8 atom stereocenters. The summed E-state index contributed by atoms with van der Waals surface area (Å²) in [5.74, 6) is 1.98. The molecule has 0 aromatic heterocycles. The van der Waals surface area contributed by atoms with E-state index >= 15 is 4.39 Å². The highest BCUT2D eigenvalue weighted by molar-refractivity contribution is 9.10. The lowest BCUT2D eigenvalue weighted by molar-refractivity contribution is -0.146. The molecule has 0 aromatic rings. The number of hydrogen-bond donors (Lipinski definition) is 0. The summed E-state index contributed by atoms with van der Waals surface area (Å²) in [4.78, 5) is 24.3. The van der Waals surface area contributed by atoms with Gasteiger partial charge in [0.05, 0.1) is 4.32 Å². The molecule has 4 saturated carbocycles. The number of hydrogen-bond acceptors (Lipinski definition) is 2. The first-order chi connectivity index (χ1) is 11.6. The number of carbonyl (C=O) groups is 2. The van der Waals surface area contributed by atoms with Crippen molar-refractivity contribution in [1.82, 2.24) is 0 Å². The third kappa shape index (κ3) is 2.24. The van der Waals surface area contributed by atoms with Gasteiger partial charge in [-0.25, -0.2) is 4.39 Å². The zero-order chi connectivity index (χ0) is 18.2. The smallest absolute Gasteiger partial charge is 0.134 e. The molecular weight excluding hydrogens is 383 g/mol. The Kier molecular flexibility index (Phi) is 4.08. The summed E-state index contributed by atoms with van der Waals surface area (Å²) in [5, 5.41) is 0. The maximum absolute atomic E-state index is 15.5. The van der Waals surface area contributed by atoms with Gasteiger partial charge in [-0.1, -0.05) is 29.8 Å². The van der Waals surface area contributed by atoms with Gasteiger partial charge < -0.3 is 0 Å². The first kappa shape index (κ1) is 18.1. The fourth-order valence-corrected chi connectivity index (χ4v) is 8.64. The predicted octanol–water partition coefficient (Wildman–Crippen LogP) is 5.27. The van der Waals surface area contributed by atoms with Crippen molar-refractivity contribution >= 4 is 27.5 Å². The third-order valence-corrected chi connectivity index (χ3v) is 10.7. The molecule has 25 heavy (non-hydrogen) atoms. The lowest BCUT2D eigenvalue weighted by Crippen LogP contribution is -2.64. The van der Waals surface area contributed by atoms with E-state index < -0.39 is 10.5 Å². The summed E-state index contributed by atoms with van der Waals surface area (Å²) in [6, 6.07) is 0. The summed E-state index contributed by atoms with van der Waals surface area (Å²) in [7, 11) is 0. The molecule has 4 heteroatoms. The zero-order valence-corrected chi connectivity index (χ0v) is 17.2. The minimum absolute atomic E-state index is 0.0554. The minimum Gasteiger partial charge on any atom is -0.300 e. The van der Waals surface area contributed by atoms with Gasteiger partial charge in [-0.3, -0.25) is 9.59 Å². The van der Waals surface area contributed by atoms with E-state index in [0.29, 0.717) is 42.8 Å². The van der Waals surface area contributed by atoms with Crippen molar-refractivity contribution in [3.8, 4) is 0 Å². The second kappa shape index (κ2) is 5.62. The quantitative estimate of drug-likeness (QED) is 0.549. The van der Waals surface area contributed by atoms with Crippen LogP contribution in [0, 0.1) is 34.5 Å². The summed E-state index contributed by atoms with van der Waals surface area (Å²) < 4.78 is 14.8. The summed E-state index contributed by atoms with van der Waals surface area (Å²) in [6.07, 6.45) is 5.52. The van der Waals surface area contributed by atoms with Crippen LogP contribution in [0.15, 0.2) is 0 Å². The second-order valence-corrected chi connectivity index (χ2v) is 11.3. The Balaban J connectivity index is 1.71. The van der Waals surface area contributed by atoms with Gasteiger partial charge in [-0.05, 0) is 74.0 Å². The van der Waals surface area contributed by atoms with Crippen LogP contribution in [0.25, 0.3) is 0 Å². The van der Waals surface area contributed by atoms with Crippen molar-refractivity contribution in [3.63, 3.8) is 0 Å². The molecule has 0 radical (unpaired) electrons. The Labute approximate surface area is 158 Å². The van der Waals surface area contributed by atoms with Crippen LogP contribution in [0.5, 0.6) is 0 Å². The van der Waals surface area contributed by atoms with Crippen molar-refractivity contribution < 1.29 is 14.0 Å². The van der Waals surface area contributed by atoms with Gasteiger partial charge in [0.2, 0.25) is 0 Å². The van der Waals surface area contributed by atoms with Crippen LogP contribution in [0.2, 0.25) is 0 Å². The fraction of sp³-hybridized carbons (Fsp3) is 0.905. The van der Waals surface area contributed by atoms with Crippen molar-refractivity contribution in [2.24, 2.45) is 34.5 Å². The standard InChI is InChI=1S/C21H30BrFO2/c1-12(24)15-4-5-16-14-10-18(23)21(22)11-13(25)6-9-20(21,3)17(14)7-8-19(15,16)2/h14-18H,4-11H2,1-3H3/t14-,15+,16-,17-,18+,19+,20+,21-/m0/s1. The van der Waals surface area contributed by atoms with Gasteiger partial charge in [0.1, 0.15) is 17.7 Å². The normalized spacial score (nSPS) is 55.2. The fourth-order valence-electron chi connectivity index (χ4n) is 7.65. The lowest BCUT2D eigenvalue weighted by atomic mass is 9.44. The second-order valence-electron chi connectivity index (χ2n) is 9.86. The van der Waals surface area contributed by atoms with E-state index in [1.807, 2.05) is 0 Å². The van der Waals surface area contributed by atoms with E-state index in [1.165, 1.54) is 0 Å². The average Bonchev–Trinajstić information content (AvgIpc) is 2.88. The van der Waals surface area contributed by atoms with Crippen LogP contribution in [-0.2, 0) is 9.59 Å². The van der Waals surface area contributed by atoms with E-state index in [-0.39, 0.29) is 22.5 Å². The number of fused-ring (bicyclic) bond motifs is 5. The molecule has 4 aliphatic rings. The summed E-state index contributed by atoms with van der Waals surface area (Å²) in [6.45, 7) is 6.27. The Hall–Kier alpha value is -0.250. The van der Waals surface area contributed by atoms with Crippen molar-refractivity contribution in [2.75, 3.05) is 0 Å². The molecule has 0 spiro atoms. The number of rotatable bonds is 1. The zero-order valence-electron chi connectivity index (χ0n) is 15.6. The van der Waals surface area contributed by atoms with Gasteiger partial charge in [0.15, 0.2) is 0 Å². The van der Waals surface area contributed by atoms with E-state index in [2.05, 4.69) is 29.8 Å². The first-order valence-electron chi connectivity index (χ1n) is 9.98. The SMILES string of the molecule is CC(=O)[C@H]1CC[C@H]2[C@@H]3C[C@@H](F)[C@@]4(Br)CC(=O)CC[C@]4(C)[C@H]3CC[C@]12C. The predicted molar refractivity (Wildman–Crippen MR) is 99.4 cm³/mol. The van der Waals surface area contributed by atoms with E-state index in [1.54, 1.807) is 6.92 Å². The number of ketones is 2. The monoisotopic (exact) mass is 412 g/mol. The van der Waals surface area contributed by atoms with Gasteiger partial charge in [-0.2, -0.15) is 0 Å². The summed E-state index contributed by atoms with van der Waals surface area (Å²) in [5.41, 5.74) is -0.0984. The number of Topliss-reactive ketones (excluding diaryl/α,β-unsaturated/α-hetero) is 2. The van der Waals surface area contributed by atoms with Gasteiger partial charge >= 0.3 is 0 Å². The molecule has 0 amide bonds. The molecule has 0 aliphatic heterocycles. The van der Waals surface area contributed by atoms with Crippen molar-refractivity contribution in [2.45, 2.75) is 82.6 Å². The average molecular weight is 413 g/mol. The van der Waals surface area contributed by atoms with Gasteiger partial charge in [0.25, 0.3) is 0 Å². The lowest BCUT2D eigenvalue weighted by Gasteiger charge is -2.64. The molecule has 2 nitrogen and oxygen atoms in total. The number of carbonyl (C=O) groups excluding carboxylic acids is 2. The third-order valence-electron chi connectivity index (χ3n) is 9.05. The molecule has 0 aromatic carbocycles. The molecule has 140 valence electrons. The Morgan fingerprint density at radius 3 is 2.56 bits per heavy atom. The molecule has 0 saturated heterocycles. The Morgan fingerprint density at radius 2 is 1.88 bits per heavy atom. The van der Waals surface area contributed by atoms with Crippen LogP contribution >= 0.6 is 15.9 Å². The van der Waals surface area contributed by atoms with E-state index in [9.17, 15) is 9.59 Å². The molecule has 4 fully saturated rings. The maximum atomic E-state index is 15.5. The van der Waals surface area contributed by atoms with E-state index in [4.69, 9.17) is 0 Å². The first-order valence-corrected chi connectivity index (χ1v) is 10.8. The van der Waals surface area contributed by atoms with Gasteiger partial charge in [0, 0.05) is 18.8 Å². The molecular formula is C21H30BrFO2. The van der Waals surface area contributed by atoms with Crippen LogP contribution in [0.4, 0.5) is 4.39 Å². The largest absolute Gasteiger partial charge is 0.300 e. The summed E-state index contributed by atoms with van der Waals surface area (Å²) >= 11 is 3.77. The van der Waals surface area contributed by atoms with Crippen LogP contribution < -0.4 is 0 Å².